The fourth-order valence-corrected chi connectivity index (χ4v) is 4.22. The zero-order valence-corrected chi connectivity index (χ0v) is 20.3. The number of imidazole rings is 1. The number of hydrogen-bond donors (Lipinski definition) is 3. The molecule has 3 aromatic heterocycles. The van der Waals surface area contributed by atoms with Crippen LogP contribution in [0.4, 0.5) is 5.69 Å². The molecule has 0 fully saturated rings. The van der Waals surface area contributed by atoms with Gasteiger partial charge in [0, 0.05) is 36.3 Å². The number of aryl methyl sites for hydroxylation is 1. The van der Waals surface area contributed by atoms with Crippen LogP contribution in [-0.2, 0) is 18.3 Å². The molecular formula is C24H28ClN9O. The van der Waals surface area contributed by atoms with Crippen molar-refractivity contribution >= 4 is 39.2 Å². The Bertz CT molecular complexity index is 1390. The molecule has 0 aliphatic carbocycles. The molecule has 0 radical (unpaired) electrons. The first-order valence-corrected chi connectivity index (χ1v) is 12.0. The highest BCUT2D eigenvalue weighted by Gasteiger charge is 2.09. The maximum Gasteiger partial charge on any atom is 0.123 e. The Labute approximate surface area is 207 Å². The average molecular weight is 494 g/mol. The van der Waals surface area contributed by atoms with Gasteiger partial charge in [0.1, 0.15) is 18.5 Å². The van der Waals surface area contributed by atoms with Crippen LogP contribution in [0.2, 0.25) is 5.02 Å². The molecule has 5 aromatic rings. The lowest BCUT2D eigenvalue weighted by molar-refractivity contribution is 0.140. The van der Waals surface area contributed by atoms with E-state index in [1.54, 1.807) is 12.7 Å². The summed E-state index contributed by atoms with van der Waals surface area (Å²) in [5.74, 6) is 1.00. The molecule has 0 spiro atoms. The number of benzene rings is 2. The van der Waals surface area contributed by atoms with Crippen LogP contribution in [-0.4, -0.2) is 60.8 Å². The average Bonchev–Trinajstić information content (AvgIpc) is 3.61. The lowest BCUT2D eigenvalue weighted by Crippen LogP contribution is -2.18. The largest absolute Gasteiger partial charge is 0.382 e. The minimum atomic E-state index is 0.631. The predicted octanol–water partition coefficient (Wildman–Crippen LogP) is 3.68. The minimum absolute atomic E-state index is 0.631. The van der Waals surface area contributed by atoms with Crippen LogP contribution in [0.15, 0.2) is 49.2 Å². The SMILES string of the molecule is Cn1c(CNCCCCOCCNc2cc(-n3cnnc3)cc3[nH]ncc23)nc2ccc(Cl)cc21. The van der Waals surface area contributed by atoms with Crippen LogP contribution >= 0.6 is 11.6 Å². The van der Waals surface area contributed by atoms with Crippen molar-refractivity contribution in [3.63, 3.8) is 0 Å². The molecule has 0 saturated heterocycles. The van der Waals surface area contributed by atoms with Crippen molar-refractivity contribution in [3.05, 3.63) is 60.0 Å². The highest BCUT2D eigenvalue weighted by molar-refractivity contribution is 6.31. The zero-order valence-electron chi connectivity index (χ0n) is 19.5. The van der Waals surface area contributed by atoms with Crippen LogP contribution < -0.4 is 10.6 Å². The van der Waals surface area contributed by atoms with Gasteiger partial charge >= 0.3 is 0 Å². The van der Waals surface area contributed by atoms with Gasteiger partial charge in [-0.25, -0.2) is 4.98 Å². The molecule has 0 saturated carbocycles. The number of fused-ring (bicyclic) bond motifs is 2. The maximum atomic E-state index is 6.10. The molecule has 3 N–H and O–H groups in total. The standard InChI is InChI=1S/C24H28ClN9O/c1-33-23-10-17(25)4-5-20(23)31-24(33)14-26-6-2-3-8-35-9-7-27-21-11-18(34-15-29-30-16-34)12-22-19(21)13-28-32-22/h4-5,10-13,15-16,26-27H,2-3,6-9,14H2,1H3,(H,28,32). The lowest BCUT2D eigenvalue weighted by atomic mass is 10.2. The fourth-order valence-electron chi connectivity index (χ4n) is 4.05. The number of aromatic amines is 1. The third-order valence-corrected chi connectivity index (χ3v) is 6.17. The van der Waals surface area contributed by atoms with E-state index in [1.807, 2.05) is 42.1 Å². The third kappa shape index (κ3) is 5.45. The van der Waals surface area contributed by atoms with E-state index in [4.69, 9.17) is 16.3 Å². The molecule has 35 heavy (non-hydrogen) atoms. The van der Waals surface area contributed by atoms with Gasteiger partial charge in [-0.05, 0) is 49.7 Å². The molecule has 0 amide bonds. The second-order valence-corrected chi connectivity index (χ2v) is 8.77. The van der Waals surface area contributed by atoms with Gasteiger partial charge in [-0.15, -0.1) is 10.2 Å². The van der Waals surface area contributed by atoms with E-state index in [0.29, 0.717) is 13.2 Å². The molecule has 2 aromatic carbocycles. The number of nitrogens with zero attached hydrogens (tertiary/aromatic N) is 6. The summed E-state index contributed by atoms with van der Waals surface area (Å²) in [5.41, 5.74) is 4.93. The van der Waals surface area contributed by atoms with E-state index >= 15 is 0 Å². The summed E-state index contributed by atoms with van der Waals surface area (Å²) in [6, 6.07) is 9.86. The Kier molecular flexibility index (Phi) is 7.22. The second-order valence-electron chi connectivity index (χ2n) is 8.34. The summed E-state index contributed by atoms with van der Waals surface area (Å²) in [5, 5.41) is 23.6. The van der Waals surface area contributed by atoms with E-state index < -0.39 is 0 Å². The predicted molar refractivity (Wildman–Crippen MR) is 137 cm³/mol. The molecule has 0 unspecified atom stereocenters. The molecule has 11 heteroatoms. The van der Waals surface area contributed by atoms with Gasteiger partial charge in [-0.3, -0.25) is 9.67 Å². The first-order valence-electron chi connectivity index (χ1n) is 11.6. The highest BCUT2D eigenvalue weighted by atomic mass is 35.5. The molecule has 0 atom stereocenters. The van der Waals surface area contributed by atoms with E-state index in [9.17, 15) is 0 Å². The number of hydrogen-bond acceptors (Lipinski definition) is 7. The minimum Gasteiger partial charge on any atom is -0.382 e. The summed E-state index contributed by atoms with van der Waals surface area (Å²) >= 11 is 6.10. The molecule has 10 nitrogen and oxygen atoms in total. The fraction of sp³-hybridized carbons (Fsp3) is 0.333. The quantitative estimate of drug-likeness (QED) is 0.227. The van der Waals surface area contributed by atoms with Gasteiger partial charge in [0.05, 0.1) is 41.6 Å². The van der Waals surface area contributed by atoms with Crippen LogP contribution in [0.1, 0.15) is 18.7 Å². The van der Waals surface area contributed by atoms with Crippen molar-refractivity contribution in [2.24, 2.45) is 7.05 Å². The molecule has 0 bridgehead atoms. The summed E-state index contributed by atoms with van der Waals surface area (Å²) in [4.78, 5) is 4.68. The summed E-state index contributed by atoms with van der Waals surface area (Å²) in [6.07, 6.45) is 7.21. The number of rotatable bonds is 12. The first kappa shape index (κ1) is 23.3. The monoisotopic (exact) mass is 493 g/mol. The van der Waals surface area contributed by atoms with Crippen molar-refractivity contribution in [2.45, 2.75) is 19.4 Å². The number of anilines is 1. The number of nitrogens with one attached hydrogen (secondary N) is 3. The van der Waals surface area contributed by atoms with Crippen LogP contribution in [0.25, 0.3) is 27.6 Å². The summed E-state index contributed by atoms with van der Waals surface area (Å²) < 4.78 is 9.77. The summed E-state index contributed by atoms with van der Waals surface area (Å²) in [6.45, 7) is 3.72. The first-order chi connectivity index (χ1) is 17.2. The lowest BCUT2D eigenvalue weighted by Gasteiger charge is -2.11. The Balaban J connectivity index is 0.997. The molecule has 3 heterocycles. The Morgan fingerprint density at radius 3 is 2.83 bits per heavy atom. The van der Waals surface area contributed by atoms with E-state index in [1.165, 1.54) is 0 Å². The van der Waals surface area contributed by atoms with Gasteiger partial charge in [-0.2, -0.15) is 5.10 Å². The Hall–Kier alpha value is -3.47. The van der Waals surface area contributed by atoms with Crippen molar-refractivity contribution < 1.29 is 4.74 Å². The summed E-state index contributed by atoms with van der Waals surface area (Å²) in [7, 11) is 2.02. The van der Waals surface area contributed by atoms with Crippen molar-refractivity contribution in [3.8, 4) is 5.69 Å². The topological polar surface area (TPSA) is 110 Å². The molecule has 5 rings (SSSR count). The van der Waals surface area contributed by atoms with Crippen molar-refractivity contribution in [2.75, 3.05) is 31.6 Å². The number of unbranched alkanes of at least 4 members (excludes halogenated alkanes) is 1. The zero-order chi connectivity index (χ0) is 24.0. The van der Waals surface area contributed by atoms with E-state index in [0.717, 1.165) is 76.7 Å². The molecular weight excluding hydrogens is 466 g/mol. The maximum absolute atomic E-state index is 6.10. The molecule has 182 valence electrons. The van der Waals surface area contributed by atoms with Crippen molar-refractivity contribution in [1.29, 1.82) is 0 Å². The van der Waals surface area contributed by atoms with Crippen LogP contribution in [0.5, 0.6) is 0 Å². The molecule has 0 aliphatic heterocycles. The van der Waals surface area contributed by atoms with Gasteiger partial charge in [0.15, 0.2) is 0 Å². The Morgan fingerprint density at radius 1 is 1.06 bits per heavy atom. The van der Waals surface area contributed by atoms with Gasteiger partial charge < -0.3 is 19.9 Å². The van der Waals surface area contributed by atoms with Gasteiger partial charge in [0.2, 0.25) is 0 Å². The smallest absolute Gasteiger partial charge is 0.123 e. The Morgan fingerprint density at radius 2 is 1.94 bits per heavy atom. The van der Waals surface area contributed by atoms with Gasteiger partial charge in [0.25, 0.3) is 0 Å². The number of halogens is 1. The molecule has 0 aliphatic rings. The van der Waals surface area contributed by atoms with Crippen LogP contribution in [0.3, 0.4) is 0 Å². The van der Waals surface area contributed by atoms with Gasteiger partial charge in [-0.1, -0.05) is 11.6 Å². The van der Waals surface area contributed by atoms with E-state index in [-0.39, 0.29) is 0 Å². The number of H-pyrrole nitrogens is 1. The third-order valence-electron chi connectivity index (χ3n) is 5.93. The van der Waals surface area contributed by atoms with Crippen molar-refractivity contribution in [1.82, 2.24) is 39.8 Å². The van der Waals surface area contributed by atoms with Crippen LogP contribution in [0, 0.1) is 0 Å². The number of ether oxygens (including phenoxy) is 1. The number of aromatic nitrogens is 7. The highest BCUT2D eigenvalue weighted by Crippen LogP contribution is 2.25. The normalized spacial score (nSPS) is 11.6. The van der Waals surface area contributed by atoms with E-state index in [2.05, 4.69) is 46.6 Å². The second kappa shape index (κ2) is 10.9.